The van der Waals surface area contributed by atoms with Crippen LogP contribution in [-0.2, 0) is 0 Å². The van der Waals surface area contributed by atoms with Crippen molar-refractivity contribution in [1.29, 1.82) is 0 Å². The summed E-state index contributed by atoms with van der Waals surface area (Å²) in [6, 6.07) is -0.855. The molecule has 0 aliphatic rings. The first-order valence-corrected chi connectivity index (χ1v) is 3.23. The zero-order valence-corrected chi connectivity index (χ0v) is 6.75. The standard InChI is InChI=1S/C6H9N3O3/c1-3-4(12-2)5(10)9(8-3)6(7)11/h8H,1-2H3,(H2,7,11). The first-order chi connectivity index (χ1) is 5.57. The maximum Gasteiger partial charge on any atom is 0.341 e. The van der Waals surface area contributed by atoms with Gasteiger partial charge < -0.3 is 10.5 Å². The number of methoxy groups -OCH3 is 1. The van der Waals surface area contributed by atoms with E-state index in [1.807, 2.05) is 0 Å². The lowest BCUT2D eigenvalue weighted by molar-refractivity contribution is 0.246. The summed E-state index contributed by atoms with van der Waals surface area (Å²) in [5, 5.41) is 2.47. The van der Waals surface area contributed by atoms with E-state index < -0.39 is 11.6 Å². The molecule has 6 nitrogen and oxygen atoms in total. The predicted molar refractivity (Wildman–Crippen MR) is 41.3 cm³/mol. The number of ether oxygens (including phenoxy) is 1. The van der Waals surface area contributed by atoms with Crippen molar-refractivity contribution in [1.82, 2.24) is 9.78 Å². The van der Waals surface area contributed by atoms with Crippen molar-refractivity contribution in [3.63, 3.8) is 0 Å². The lowest BCUT2D eigenvalue weighted by Crippen LogP contribution is -2.30. The average molecular weight is 171 g/mol. The van der Waals surface area contributed by atoms with Gasteiger partial charge in [-0.1, -0.05) is 0 Å². The smallest absolute Gasteiger partial charge is 0.341 e. The maximum atomic E-state index is 11.2. The molecule has 0 aliphatic heterocycles. The average Bonchev–Trinajstić information content (AvgIpc) is 2.27. The summed E-state index contributed by atoms with van der Waals surface area (Å²) < 4.78 is 5.42. The molecule has 1 heterocycles. The Bertz CT molecular complexity index is 363. The van der Waals surface area contributed by atoms with Gasteiger partial charge in [0.1, 0.15) is 0 Å². The molecule has 66 valence electrons. The molecular weight excluding hydrogens is 162 g/mol. The van der Waals surface area contributed by atoms with E-state index in [0.717, 1.165) is 0 Å². The van der Waals surface area contributed by atoms with Gasteiger partial charge in [-0.3, -0.25) is 9.89 Å². The molecule has 1 amide bonds. The number of nitrogens with zero attached hydrogens (tertiary/aromatic N) is 1. The van der Waals surface area contributed by atoms with Crippen molar-refractivity contribution >= 4 is 6.03 Å². The molecule has 0 spiro atoms. The molecule has 0 radical (unpaired) electrons. The third-order valence-corrected chi connectivity index (χ3v) is 1.44. The molecule has 1 aromatic heterocycles. The van der Waals surface area contributed by atoms with E-state index in [4.69, 9.17) is 10.5 Å². The Morgan fingerprint density at radius 1 is 1.67 bits per heavy atom. The number of hydrogen-bond acceptors (Lipinski definition) is 3. The number of hydrogen-bond donors (Lipinski definition) is 2. The van der Waals surface area contributed by atoms with E-state index in [9.17, 15) is 9.59 Å². The molecule has 3 N–H and O–H groups in total. The van der Waals surface area contributed by atoms with Gasteiger partial charge in [-0.05, 0) is 6.92 Å². The van der Waals surface area contributed by atoms with Gasteiger partial charge in [-0.15, -0.1) is 0 Å². The molecule has 0 saturated carbocycles. The van der Waals surface area contributed by atoms with Crippen LogP contribution in [0.25, 0.3) is 0 Å². The zero-order chi connectivity index (χ0) is 9.30. The first-order valence-electron chi connectivity index (χ1n) is 3.23. The predicted octanol–water partition coefficient (Wildman–Crippen LogP) is -0.580. The van der Waals surface area contributed by atoms with Crippen molar-refractivity contribution in [3.8, 4) is 5.75 Å². The summed E-state index contributed by atoms with van der Waals surface area (Å²) in [6.07, 6.45) is 0. The second-order valence-electron chi connectivity index (χ2n) is 2.25. The molecule has 6 heteroatoms. The second-order valence-corrected chi connectivity index (χ2v) is 2.25. The Kier molecular flexibility index (Phi) is 1.90. The van der Waals surface area contributed by atoms with E-state index in [2.05, 4.69) is 5.10 Å². The zero-order valence-electron chi connectivity index (χ0n) is 6.75. The number of carbonyl (C=O) groups is 1. The van der Waals surface area contributed by atoms with Crippen LogP contribution < -0.4 is 16.0 Å². The molecule has 1 aromatic rings. The first kappa shape index (κ1) is 8.38. The van der Waals surface area contributed by atoms with Crippen molar-refractivity contribution in [2.24, 2.45) is 5.73 Å². The molecule has 1 rings (SSSR count). The summed E-state index contributed by atoms with van der Waals surface area (Å²) in [4.78, 5) is 21.8. The number of nitrogens with two attached hydrogens (primary N) is 1. The number of nitrogens with one attached hydrogen (secondary N) is 1. The van der Waals surface area contributed by atoms with Crippen LogP contribution in [0.2, 0.25) is 0 Å². The van der Waals surface area contributed by atoms with Gasteiger partial charge in [0.05, 0.1) is 12.8 Å². The highest BCUT2D eigenvalue weighted by Gasteiger charge is 2.13. The minimum atomic E-state index is -0.855. The van der Waals surface area contributed by atoms with E-state index in [1.54, 1.807) is 6.92 Å². The number of carbonyl (C=O) groups excluding carboxylic acids is 1. The molecule has 0 bridgehead atoms. The number of aromatic nitrogens is 2. The van der Waals surface area contributed by atoms with Crippen LogP contribution in [0.1, 0.15) is 5.69 Å². The molecule has 12 heavy (non-hydrogen) atoms. The van der Waals surface area contributed by atoms with Gasteiger partial charge in [0.15, 0.2) is 0 Å². The molecule has 0 atom stereocenters. The number of aromatic amines is 1. The maximum absolute atomic E-state index is 11.2. The number of aryl methyl sites for hydroxylation is 1. The van der Waals surface area contributed by atoms with Crippen LogP contribution in [0, 0.1) is 6.92 Å². The largest absolute Gasteiger partial charge is 0.490 e. The Labute approximate surface area is 67.9 Å². The van der Waals surface area contributed by atoms with Crippen LogP contribution in [0.4, 0.5) is 4.79 Å². The molecule has 0 aromatic carbocycles. The highest BCUT2D eigenvalue weighted by atomic mass is 16.5. The van der Waals surface area contributed by atoms with Gasteiger partial charge in [0, 0.05) is 0 Å². The fourth-order valence-electron chi connectivity index (χ4n) is 0.927. The van der Waals surface area contributed by atoms with Crippen molar-refractivity contribution in [3.05, 3.63) is 16.0 Å². The quantitative estimate of drug-likeness (QED) is 0.592. The minimum absolute atomic E-state index is 0.105. The van der Waals surface area contributed by atoms with Crippen molar-refractivity contribution in [2.45, 2.75) is 6.92 Å². The van der Waals surface area contributed by atoms with Crippen LogP contribution in [0.3, 0.4) is 0 Å². The van der Waals surface area contributed by atoms with Gasteiger partial charge >= 0.3 is 11.6 Å². The van der Waals surface area contributed by atoms with Crippen molar-refractivity contribution in [2.75, 3.05) is 7.11 Å². The van der Waals surface area contributed by atoms with Crippen molar-refractivity contribution < 1.29 is 9.53 Å². The van der Waals surface area contributed by atoms with Gasteiger partial charge in [-0.2, -0.15) is 4.68 Å². The van der Waals surface area contributed by atoms with E-state index >= 15 is 0 Å². The van der Waals surface area contributed by atoms with Gasteiger partial charge in [0.25, 0.3) is 0 Å². The number of H-pyrrole nitrogens is 1. The monoisotopic (exact) mass is 171 g/mol. The second kappa shape index (κ2) is 2.72. The number of primary amides is 1. The minimum Gasteiger partial charge on any atom is -0.490 e. The van der Waals surface area contributed by atoms with E-state index in [-0.39, 0.29) is 5.75 Å². The summed E-state index contributed by atoms with van der Waals surface area (Å²) in [6.45, 7) is 1.61. The van der Waals surface area contributed by atoms with Crippen LogP contribution in [0.15, 0.2) is 4.79 Å². The van der Waals surface area contributed by atoms with Crippen LogP contribution >= 0.6 is 0 Å². The molecular formula is C6H9N3O3. The van der Waals surface area contributed by atoms with Crippen LogP contribution in [-0.4, -0.2) is 22.9 Å². The molecule has 0 unspecified atom stereocenters. The Balaban J connectivity index is 3.37. The fourth-order valence-corrected chi connectivity index (χ4v) is 0.927. The molecule has 0 aliphatic carbocycles. The number of amides is 1. The lowest BCUT2D eigenvalue weighted by Gasteiger charge is -1.90. The normalized spacial score (nSPS) is 9.83. The summed E-state index contributed by atoms with van der Waals surface area (Å²) in [5.41, 5.74) is 4.80. The third-order valence-electron chi connectivity index (χ3n) is 1.44. The van der Waals surface area contributed by atoms with E-state index in [1.165, 1.54) is 7.11 Å². The topological polar surface area (TPSA) is 90.1 Å². The van der Waals surface area contributed by atoms with Gasteiger partial charge in [0.2, 0.25) is 5.75 Å². The highest BCUT2D eigenvalue weighted by molar-refractivity contribution is 5.73. The SMILES string of the molecule is COc1c(C)[nH]n(C(N)=O)c1=O. The fraction of sp³-hybridized carbons (Fsp3) is 0.333. The Morgan fingerprint density at radius 3 is 2.50 bits per heavy atom. The Morgan fingerprint density at radius 2 is 2.25 bits per heavy atom. The lowest BCUT2D eigenvalue weighted by atomic mass is 10.4. The van der Waals surface area contributed by atoms with Crippen LogP contribution in [0.5, 0.6) is 5.75 Å². The molecule has 0 saturated heterocycles. The van der Waals surface area contributed by atoms with E-state index in [0.29, 0.717) is 10.4 Å². The Hall–Kier alpha value is -1.72. The summed E-state index contributed by atoms with van der Waals surface area (Å²) in [5.74, 6) is 0.105. The van der Waals surface area contributed by atoms with Gasteiger partial charge in [-0.25, -0.2) is 4.79 Å². The third kappa shape index (κ3) is 1.07. The highest BCUT2D eigenvalue weighted by Crippen LogP contribution is 2.06. The number of rotatable bonds is 1. The summed E-state index contributed by atoms with van der Waals surface area (Å²) in [7, 11) is 1.35. The summed E-state index contributed by atoms with van der Waals surface area (Å²) >= 11 is 0. The molecule has 0 fully saturated rings.